The van der Waals surface area contributed by atoms with E-state index in [1.54, 1.807) is 44.2 Å². The Morgan fingerprint density at radius 2 is 1.89 bits per heavy atom. The van der Waals surface area contributed by atoms with E-state index in [2.05, 4.69) is 10.1 Å². The minimum absolute atomic E-state index is 0.197. The molecule has 3 unspecified atom stereocenters. The number of benzene rings is 1. The highest BCUT2D eigenvalue weighted by atomic mass is 35.5. The summed E-state index contributed by atoms with van der Waals surface area (Å²) in [5.41, 5.74) is -3.04. The van der Waals surface area contributed by atoms with Gasteiger partial charge in [0.25, 0.3) is 5.56 Å². The van der Waals surface area contributed by atoms with Gasteiger partial charge in [-0.25, -0.2) is 9.36 Å². The summed E-state index contributed by atoms with van der Waals surface area (Å²) in [4.78, 5) is 36.8. The predicted octanol–water partition coefficient (Wildman–Crippen LogP) is 2.10. The van der Waals surface area contributed by atoms with Gasteiger partial charge in [0.15, 0.2) is 5.72 Å². The highest BCUT2D eigenvalue weighted by Crippen LogP contribution is 2.50. The molecule has 0 saturated carbocycles. The first-order valence-electron chi connectivity index (χ1n) is 11.5. The second kappa shape index (κ2) is 11.1. The number of rotatable bonds is 10. The molecule has 37 heavy (non-hydrogen) atoms. The number of carbonyl (C=O) groups excluding carboxylic acids is 1. The Labute approximate surface area is 218 Å². The first-order chi connectivity index (χ1) is 17.2. The molecule has 1 aliphatic heterocycles. The van der Waals surface area contributed by atoms with Crippen molar-refractivity contribution >= 4 is 25.3 Å². The van der Waals surface area contributed by atoms with Gasteiger partial charge in [-0.3, -0.25) is 23.7 Å². The van der Waals surface area contributed by atoms with E-state index in [1.165, 1.54) is 27.0 Å². The molecule has 2 heterocycles. The van der Waals surface area contributed by atoms with Crippen molar-refractivity contribution in [2.75, 3.05) is 6.61 Å². The van der Waals surface area contributed by atoms with Crippen LogP contribution in [0.5, 0.6) is 5.75 Å². The number of nitrogens with one attached hydrogen (secondary N) is 2. The lowest BCUT2D eigenvalue weighted by atomic mass is 9.93. The number of aliphatic hydroxyl groups is 1. The third kappa shape index (κ3) is 6.34. The SMILES string of the molecule is CC(C)OC(=O)C(C)NP(=O)(OCC1O[C@@](C)(n2ccc(=O)[nH]c2=O)[C@](C)(Cl)[C@@H]1O)Oc1ccccc1. The number of esters is 1. The molecule has 1 aromatic heterocycles. The van der Waals surface area contributed by atoms with Crippen molar-refractivity contribution in [3.05, 3.63) is 63.4 Å². The van der Waals surface area contributed by atoms with Gasteiger partial charge in [-0.1, -0.05) is 18.2 Å². The first kappa shape index (κ1) is 29.1. The Hall–Kier alpha value is -2.47. The van der Waals surface area contributed by atoms with Gasteiger partial charge in [0.2, 0.25) is 0 Å². The Bertz CT molecular complexity index is 1270. The fourth-order valence-electron chi connectivity index (χ4n) is 3.77. The van der Waals surface area contributed by atoms with Gasteiger partial charge in [0.1, 0.15) is 28.9 Å². The minimum atomic E-state index is -4.25. The van der Waals surface area contributed by atoms with E-state index in [1.807, 2.05) is 0 Å². The van der Waals surface area contributed by atoms with E-state index in [9.17, 15) is 24.1 Å². The summed E-state index contributed by atoms with van der Waals surface area (Å²) in [6.45, 7) is 7.21. The third-order valence-electron chi connectivity index (χ3n) is 5.91. The fraction of sp³-hybridized carbons (Fsp3) is 0.522. The molecule has 12 nitrogen and oxygen atoms in total. The van der Waals surface area contributed by atoms with Gasteiger partial charge < -0.3 is 19.1 Å². The van der Waals surface area contributed by atoms with Crippen LogP contribution in [-0.2, 0) is 29.1 Å². The molecule has 0 spiro atoms. The van der Waals surface area contributed by atoms with Gasteiger partial charge in [0.05, 0.1) is 12.7 Å². The van der Waals surface area contributed by atoms with Gasteiger partial charge >= 0.3 is 19.4 Å². The molecule has 3 N–H and O–H groups in total. The van der Waals surface area contributed by atoms with E-state index in [0.29, 0.717) is 0 Å². The molecule has 0 aliphatic carbocycles. The molecule has 6 atom stereocenters. The maximum atomic E-state index is 13.7. The minimum Gasteiger partial charge on any atom is -0.462 e. The van der Waals surface area contributed by atoms with E-state index < -0.39 is 66.5 Å². The van der Waals surface area contributed by atoms with E-state index in [0.717, 1.165) is 10.6 Å². The molecular weight excluding hydrogens is 529 g/mol. The zero-order valence-corrected chi connectivity index (χ0v) is 22.7. The topological polar surface area (TPSA) is 158 Å². The molecule has 1 saturated heterocycles. The van der Waals surface area contributed by atoms with Crippen LogP contribution in [-0.4, -0.2) is 56.5 Å². The summed E-state index contributed by atoms with van der Waals surface area (Å²) >= 11 is 6.66. The maximum absolute atomic E-state index is 13.7. The van der Waals surface area contributed by atoms with E-state index in [4.69, 9.17) is 30.1 Å². The van der Waals surface area contributed by atoms with E-state index >= 15 is 0 Å². The standard InChI is InChI=1S/C23H31ClN3O9P/c1-14(2)34-20(30)15(3)26-37(32,36-16-9-7-6-8-10-16)33-13-17-19(29)22(4,24)23(5,35-17)27-12-11-18(28)25-21(27)31/h6-12,14-15,17,19,29H,13H2,1-5H3,(H,26,32)(H,25,28,31)/t15?,17?,19-,22-,23-,37?/m1/s1. The van der Waals surface area contributed by atoms with Gasteiger partial charge in [-0.2, -0.15) is 5.09 Å². The molecule has 0 radical (unpaired) electrons. The molecule has 1 aromatic carbocycles. The first-order valence-corrected chi connectivity index (χ1v) is 13.5. The number of hydrogen-bond acceptors (Lipinski definition) is 9. The average Bonchev–Trinajstić information content (AvgIpc) is 2.98. The summed E-state index contributed by atoms with van der Waals surface area (Å²) in [6, 6.07) is 8.19. The fourth-order valence-corrected chi connectivity index (χ4v) is 5.55. The molecule has 0 bridgehead atoms. The summed E-state index contributed by atoms with van der Waals surface area (Å²) in [7, 11) is -4.25. The second-order valence-corrected chi connectivity index (χ2v) is 11.7. The van der Waals surface area contributed by atoms with Crippen LogP contribution in [0, 0.1) is 0 Å². The molecule has 14 heteroatoms. The van der Waals surface area contributed by atoms with Crippen molar-refractivity contribution in [3.63, 3.8) is 0 Å². The average molecular weight is 560 g/mol. The third-order valence-corrected chi connectivity index (χ3v) is 8.13. The van der Waals surface area contributed by atoms with Gasteiger partial charge in [0, 0.05) is 12.3 Å². The van der Waals surface area contributed by atoms with Crippen molar-refractivity contribution in [3.8, 4) is 5.75 Å². The Balaban J connectivity index is 1.85. The van der Waals surface area contributed by atoms with Crippen LogP contribution >= 0.6 is 19.3 Å². The number of aromatic amines is 1. The van der Waals surface area contributed by atoms with Crippen molar-refractivity contribution in [1.82, 2.24) is 14.6 Å². The summed E-state index contributed by atoms with van der Waals surface area (Å²) in [5.74, 6) is -0.478. The van der Waals surface area contributed by atoms with Gasteiger partial charge in [-0.15, -0.1) is 11.6 Å². The number of nitrogens with zero attached hydrogens (tertiary/aromatic N) is 1. The smallest absolute Gasteiger partial charge is 0.459 e. The number of hydrogen-bond donors (Lipinski definition) is 3. The number of para-hydroxylation sites is 1. The molecule has 204 valence electrons. The van der Waals surface area contributed by atoms with Crippen LogP contribution in [0.4, 0.5) is 0 Å². The summed E-state index contributed by atoms with van der Waals surface area (Å²) in [5, 5.41) is 13.5. The number of halogens is 1. The lowest BCUT2D eigenvalue weighted by Crippen LogP contribution is -2.54. The van der Waals surface area contributed by atoms with Crippen LogP contribution in [0.1, 0.15) is 34.6 Å². The van der Waals surface area contributed by atoms with E-state index in [-0.39, 0.29) is 5.75 Å². The second-order valence-electron chi connectivity index (χ2n) is 9.17. The highest BCUT2D eigenvalue weighted by Gasteiger charge is 2.61. The molecule has 0 amide bonds. The summed E-state index contributed by atoms with van der Waals surface area (Å²) in [6.07, 6.45) is -1.79. The number of H-pyrrole nitrogens is 1. The zero-order valence-electron chi connectivity index (χ0n) is 21.0. The lowest BCUT2D eigenvalue weighted by Gasteiger charge is -2.36. The number of aliphatic hydroxyl groups excluding tert-OH is 1. The van der Waals surface area contributed by atoms with Crippen molar-refractivity contribution in [2.45, 2.75) is 69.6 Å². The largest absolute Gasteiger partial charge is 0.462 e. The Morgan fingerprint density at radius 1 is 1.24 bits per heavy atom. The van der Waals surface area contributed by atoms with Crippen LogP contribution in [0.25, 0.3) is 0 Å². The number of aromatic nitrogens is 2. The number of ether oxygens (including phenoxy) is 2. The van der Waals surface area contributed by atoms with Crippen LogP contribution in [0.15, 0.2) is 52.2 Å². The molecule has 1 aliphatic rings. The quantitative estimate of drug-likeness (QED) is 0.223. The predicted molar refractivity (Wildman–Crippen MR) is 135 cm³/mol. The van der Waals surface area contributed by atoms with Crippen molar-refractivity contribution < 1.29 is 33.0 Å². The maximum Gasteiger partial charge on any atom is 0.459 e. The van der Waals surface area contributed by atoms with Crippen LogP contribution in [0.3, 0.4) is 0 Å². The number of carbonyl (C=O) groups is 1. The lowest BCUT2D eigenvalue weighted by molar-refractivity contribution is -0.149. The summed E-state index contributed by atoms with van der Waals surface area (Å²) < 4.78 is 37.1. The Kier molecular flexibility index (Phi) is 8.73. The molecule has 1 fully saturated rings. The van der Waals surface area contributed by atoms with Crippen LogP contribution in [0.2, 0.25) is 0 Å². The Morgan fingerprint density at radius 3 is 2.49 bits per heavy atom. The van der Waals surface area contributed by atoms with Crippen molar-refractivity contribution in [1.29, 1.82) is 0 Å². The van der Waals surface area contributed by atoms with Crippen LogP contribution < -0.4 is 20.9 Å². The monoisotopic (exact) mass is 559 g/mol. The number of alkyl halides is 1. The van der Waals surface area contributed by atoms with Gasteiger partial charge in [-0.05, 0) is 46.8 Å². The van der Waals surface area contributed by atoms with Crippen molar-refractivity contribution in [2.24, 2.45) is 0 Å². The zero-order chi connectivity index (χ0) is 27.6. The molecule has 3 rings (SSSR count). The molecule has 2 aromatic rings. The normalized spacial score (nSPS) is 28.0. The highest BCUT2D eigenvalue weighted by molar-refractivity contribution is 7.52. The molecular formula is C23H31ClN3O9P.